The number of ether oxygens (including phenoxy) is 3. The Morgan fingerprint density at radius 2 is 1.64 bits per heavy atom. The molecule has 0 spiro atoms. The van der Waals surface area contributed by atoms with E-state index in [4.69, 9.17) is 14.2 Å². The highest BCUT2D eigenvalue weighted by Crippen LogP contribution is 2.39. The Labute approximate surface area is 232 Å². The summed E-state index contributed by atoms with van der Waals surface area (Å²) in [6.45, 7) is 8.78. The topological polar surface area (TPSA) is 97.3 Å². The number of unbranched alkanes of at least 4 members (excludes halogenated alkanes) is 1. The quantitative estimate of drug-likeness (QED) is 0.235. The number of aryl methyl sites for hydroxylation is 1. The van der Waals surface area contributed by atoms with Crippen LogP contribution in [0.15, 0.2) is 42.5 Å². The minimum absolute atomic E-state index is 0.303. The third kappa shape index (κ3) is 7.44. The Morgan fingerprint density at radius 3 is 2.13 bits per heavy atom. The van der Waals surface area contributed by atoms with Gasteiger partial charge in [-0.25, -0.2) is 9.59 Å². The van der Waals surface area contributed by atoms with Crippen molar-refractivity contribution in [2.45, 2.75) is 83.9 Å². The fourth-order valence-electron chi connectivity index (χ4n) is 5.11. The van der Waals surface area contributed by atoms with Gasteiger partial charge in [0.15, 0.2) is 0 Å². The Balaban J connectivity index is 1.89. The van der Waals surface area contributed by atoms with E-state index in [1.54, 1.807) is 11.8 Å². The Hall–Kier alpha value is -3.26. The maximum atomic E-state index is 13.8. The van der Waals surface area contributed by atoms with Gasteiger partial charge >= 0.3 is 12.0 Å². The predicted octanol–water partition coefficient (Wildman–Crippen LogP) is 5.73. The zero-order valence-electron chi connectivity index (χ0n) is 24.0. The minimum atomic E-state index is -0.975. The zero-order chi connectivity index (χ0) is 28.4. The number of carbonyl (C=O) groups is 2. The van der Waals surface area contributed by atoms with Gasteiger partial charge in [-0.1, -0.05) is 30.3 Å². The first kappa shape index (κ1) is 30.3. The summed E-state index contributed by atoms with van der Waals surface area (Å²) in [4.78, 5) is 28.1. The maximum absolute atomic E-state index is 13.8. The van der Waals surface area contributed by atoms with Gasteiger partial charge in [0.25, 0.3) is 0 Å². The third-order valence-corrected chi connectivity index (χ3v) is 7.44. The molecule has 2 atom stereocenters. The van der Waals surface area contributed by atoms with Crippen molar-refractivity contribution in [3.05, 3.63) is 59.2 Å². The second kappa shape index (κ2) is 14.2. The highest BCUT2D eigenvalue weighted by atomic mass is 16.5. The van der Waals surface area contributed by atoms with Gasteiger partial charge in [0.05, 0.1) is 38.0 Å². The summed E-state index contributed by atoms with van der Waals surface area (Å²) in [7, 11) is 1.35. The molecular formula is C31H44N2O6. The lowest BCUT2D eigenvalue weighted by Gasteiger charge is -2.41. The maximum Gasteiger partial charge on any atom is 0.331 e. The van der Waals surface area contributed by atoms with Crippen molar-refractivity contribution in [2.75, 3.05) is 26.9 Å². The molecule has 8 heteroatoms. The van der Waals surface area contributed by atoms with E-state index in [1.807, 2.05) is 51.1 Å². The molecule has 0 saturated heterocycles. The van der Waals surface area contributed by atoms with E-state index in [0.29, 0.717) is 49.7 Å². The van der Waals surface area contributed by atoms with Crippen LogP contribution in [0.25, 0.3) is 0 Å². The number of aliphatic hydroxyl groups excluding tert-OH is 1. The summed E-state index contributed by atoms with van der Waals surface area (Å²) in [6.07, 6.45) is 3.83. The molecule has 8 nitrogen and oxygen atoms in total. The normalized spacial score (nSPS) is 15.4. The summed E-state index contributed by atoms with van der Waals surface area (Å²) in [5.41, 5.74) is 1.70. The van der Waals surface area contributed by atoms with Gasteiger partial charge in [-0.3, -0.25) is 0 Å². The molecule has 0 heterocycles. The van der Waals surface area contributed by atoms with Gasteiger partial charge < -0.3 is 29.5 Å². The van der Waals surface area contributed by atoms with Crippen LogP contribution in [0.3, 0.4) is 0 Å². The van der Waals surface area contributed by atoms with E-state index in [2.05, 4.69) is 17.4 Å². The number of carbonyl (C=O) groups excluding carboxylic acids is 2. The zero-order valence-corrected chi connectivity index (χ0v) is 24.0. The van der Waals surface area contributed by atoms with Crippen molar-refractivity contribution in [3.63, 3.8) is 0 Å². The molecule has 0 bridgehead atoms. The van der Waals surface area contributed by atoms with Crippen LogP contribution in [0.1, 0.15) is 88.6 Å². The summed E-state index contributed by atoms with van der Waals surface area (Å²) >= 11 is 0. The van der Waals surface area contributed by atoms with E-state index in [9.17, 15) is 14.7 Å². The van der Waals surface area contributed by atoms with Crippen molar-refractivity contribution >= 4 is 12.0 Å². The number of nitrogens with one attached hydrogen (secondary N) is 1. The molecule has 1 saturated carbocycles. The summed E-state index contributed by atoms with van der Waals surface area (Å²) < 4.78 is 16.8. The van der Waals surface area contributed by atoms with Crippen molar-refractivity contribution in [1.82, 2.24) is 10.2 Å². The molecule has 0 aromatic heterocycles. The first-order chi connectivity index (χ1) is 18.8. The van der Waals surface area contributed by atoms with Crippen LogP contribution in [0.4, 0.5) is 4.79 Å². The van der Waals surface area contributed by atoms with Crippen molar-refractivity contribution in [3.8, 4) is 11.5 Å². The number of hydrogen-bond acceptors (Lipinski definition) is 6. The molecule has 2 amide bonds. The number of benzene rings is 2. The lowest BCUT2D eigenvalue weighted by atomic mass is 9.77. The van der Waals surface area contributed by atoms with Crippen LogP contribution in [0.2, 0.25) is 0 Å². The standard InChI is InChI=1S/C31H44N2O6/c1-6-38-26-20-25(21-27(39-7-2)28(26)23(4)34)22(3)33(19-12-11-16-24-14-9-8-10-15-24)30(36)32-31(17-13-18-31)29(35)37-5/h8-10,14-15,20-23,34H,6-7,11-13,16-19H2,1-5H3,(H,32,36)/t22-,23?/m1/s1. The number of amides is 2. The number of urea groups is 1. The van der Waals surface area contributed by atoms with Gasteiger partial charge in [-0.2, -0.15) is 0 Å². The molecule has 0 radical (unpaired) electrons. The first-order valence-corrected chi connectivity index (χ1v) is 14.1. The largest absolute Gasteiger partial charge is 0.493 e. The number of nitrogens with zero attached hydrogens (tertiary/aromatic N) is 1. The molecule has 2 N–H and O–H groups in total. The molecule has 2 aromatic carbocycles. The smallest absolute Gasteiger partial charge is 0.331 e. The van der Waals surface area contributed by atoms with E-state index < -0.39 is 17.6 Å². The molecular weight excluding hydrogens is 496 g/mol. The molecule has 1 aliphatic carbocycles. The van der Waals surface area contributed by atoms with Gasteiger partial charge in [0.2, 0.25) is 0 Å². The molecule has 1 aliphatic rings. The fourth-order valence-corrected chi connectivity index (χ4v) is 5.11. The van der Waals surface area contributed by atoms with Gasteiger partial charge in [-0.05, 0) is 89.5 Å². The van der Waals surface area contributed by atoms with Crippen molar-refractivity contribution in [2.24, 2.45) is 0 Å². The highest BCUT2D eigenvalue weighted by Gasteiger charge is 2.47. The fraction of sp³-hybridized carbons (Fsp3) is 0.548. The van der Waals surface area contributed by atoms with Gasteiger partial charge in [0.1, 0.15) is 17.0 Å². The summed E-state index contributed by atoms with van der Waals surface area (Å²) in [5, 5.41) is 13.5. The van der Waals surface area contributed by atoms with Crippen LogP contribution in [-0.2, 0) is 16.0 Å². The van der Waals surface area contributed by atoms with Gasteiger partial charge in [-0.15, -0.1) is 0 Å². The van der Waals surface area contributed by atoms with Crippen LogP contribution < -0.4 is 14.8 Å². The van der Waals surface area contributed by atoms with E-state index in [0.717, 1.165) is 31.2 Å². The third-order valence-electron chi connectivity index (χ3n) is 7.44. The molecule has 2 aromatic rings. The van der Waals surface area contributed by atoms with Crippen LogP contribution in [0, 0.1) is 0 Å². The average Bonchev–Trinajstić information content (AvgIpc) is 2.90. The van der Waals surface area contributed by atoms with Gasteiger partial charge in [0, 0.05) is 6.54 Å². The van der Waals surface area contributed by atoms with Crippen LogP contribution in [0.5, 0.6) is 11.5 Å². The van der Waals surface area contributed by atoms with E-state index in [1.165, 1.54) is 12.7 Å². The molecule has 1 unspecified atom stereocenters. The number of esters is 1. The van der Waals surface area contributed by atoms with Crippen molar-refractivity contribution in [1.29, 1.82) is 0 Å². The SMILES string of the molecule is CCOc1cc([C@@H](C)N(CCCCc2ccccc2)C(=O)NC2(C(=O)OC)CCC2)cc(OCC)c1C(C)O. The van der Waals surface area contributed by atoms with E-state index in [-0.39, 0.29) is 12.1 Å². The Kier molecular flexibility index (Phi) is 11.0. The molecule has 39 heavy (non-hydrogen) atoms. The van der Waals surface area contributed by atoms with Crippen molar-refractivity contribution < 1.29 is 28.9 Å². The number of rotatable bonds is 14. The minimum Gasteiger partial charge on any atom is -0.493 e. The molecule has 1 fully saturated rings. The lowest BCUT2D eigenvalue weighted by molar-refractivity contribution is -0.152. The molecule has 0 aliphatic heterocycles. The monoisotopic (exact) mass is 540 g/mol. The second-order valence-corrected chi connectivity index (χ2v) is 10.1. The molecule has 3 rings (SSSR count). The lowest BCUT2D eigenvalue weighted by Crippen LogP contribution is -2.62. The summed E-state index contributed by atoms with van der Waals surface area (Å²) in [6, 6.07) is 13.4. The van der Waals surface area contributed by atoms with Crippen LogP contribution >= 0.6 is 0 Å². The number of methoxy groups -OCH3 is 1. The molecule has 214 valence electrons. The Morgan fingerprint density at radius 1 is 1.03 bits per heavy atom. The second-order valence-electron chi connectivity index (χ2n) is 10.1. The predicted molar refractivity (Wildman–Crippen MR) is 151 cm³/mol. The number of aliphatic hydroxyl groups is 1. The Bertz CT molecular complexity index is 1060. The first-order valence-electron chi connectivity index (χ1n) is 14.1. The average molecular weight is 541 g/mol. The van der Waals surface area contributed by atoms with E-state index >= 15 is 0 Å². The summed E-state index contributed by atoms with van der Waals surface area (Å²) in [5.74, 6) is 0.668. The van der Waals surface area contributed by atoms with Crippen LogP contribution in [-0.4, -0.2) is 54.4 Å². The highest BCUT2D eigenvalue weighted by molar-refractivity contribution is 5.88. The number of hydrogen-bond donors (Lipinski definition) is 2.